The van der Waals surface area contributed by atoms with Crippen LogP contribution in [0.2, 0.25) is 0 Å². The lowest BCUT2D eigenvalue weighted by molar-refractivity contribution is 0.579. The number of aryl methyl sites for hydroxylation is 1. The van der Waals surface area contributed by atoms with Gasteiger partial charge in [-0.05, 0) is 6.92 Å². The molecule has 0 saturated carbocycles. The smallest absolute Gasteiger partial charge is 0.244 e. The van der Waals surface area contributed by atoms with Gasteiger partial charge in [-0.15, -0.1) is 0 Å². The molecule has 0 radical (unpaired) electrons. The molecule has 0 aliphatic heterocycles. The number of aromatic nitrogens is 4. The Labute approximate surface area is 110 Å². The summed E-state index contributed by atoms with van der Waals surface area (Å²) in [6, 6.07) is 0. The number of nitrogens with one attached hydrogen (secondary N) is 3. The lowest BCUT2D eigenvalue weighted by Gasteiger charge is -2.06. The molecule has 104 valence electrons. The molecular formula is C10H16N6O2S. The second kappa shape index (κ2) is 5.51. The Morgan fingerprint density at radius 2 is 2.26 bits per heavy atom. The minimum atomic E-state index is -3.61. The van der Waals surface area contributed by atoms with E-state index < -0.39 is 10.0 Å². The largest absolute Gasteiger partial charge is 0.349 e. The van der Waals surface area contributed by atoms with Crippen LogP contribution in [0.5, 0.6) is 0 Å². The first kappa shape index (κ1) is 13.7. The van der Waals surface area contributed by atoms with Crippen LogP contribution in [0.1, 0.15) is 17.2 Å². The van der Waals surface area contributed by atoms with E-state index in [9.17, 15) is 8.42 Å². The van der Waals surface area contributed by atoms with E-state index in [2.05, 4.69) is 24.9 Å². The molecule has 0 aliphatic carbocycles. The Bertz CT molecular complexity index is 631. The fourth-order valence-corrected chi connectivity index (χ4v) is 3.18. The third kappa shape index (κ3) is 3.00. The van der Waals surface area contributed by atoms with Crippen molar-refractivity contribution in [2.24, 2.45) is 5.73 Å². The van der Waals surface area contributed by atoms with E-state index in [1.54, 1.807) is 19.3 Å². The van der Waals surface area contributed by atoms with E-state index in [0.717, 1.165) is 5.82 Å². The topological polar surface area (TPSA) is 130 Å². The van der Waals surface area contributed by atoms with Crippen LogP contribution in [0.15, 0.2) is 17.3 Å². The molecule has 0 unspecified atom stereocenters. The molecule has 0 fully saturated rings. The first-order valence-electron chi connectivity index (χ1n) is 5.76. The number of hydrogen-bond donors (Lipinski definition) is 4. The second-order valence-electron chi connectivity index (χ2n) is 4.01. The molecule has 2 aromatic rings. The van der Waals surface area contributed by atoms with Gasteiger partial charge < -0.3 is 10.7 Å². The lowest BCUT2D eigenvalue weighted by Crippen LogP contribution is -2.27. The number of sulfonamides is 1. The van der Waals surface area contributed by atoms with Gasteiger partial charge in [-0.25, -0.2) is 18.1 Å². The van der Waals surface area contributed by atoms with Crippen molar-refractivity contribution in [3.63, 3.8) is 0 Å². The van der Waals surface area contributed by atoms with Gasteiger partial charge in [0, 0.05) is 31.9 Å². The maximum Gasteiger partial charge on any atom is 0.244 e. The predicted octanol–water partition coefficient (Wildman–Crippen LogP) is -0.579. The van der Waals surface area contributed by atoms with E-state index in [1.807, 2.05) is 0 Å². The highest BCUT2D eigenvalue weighted by molar-refractivity contribution is 7.89. The SMILES string of the molecule is Cc1[nH]nc(CN)c1S(=O)(=O)NCCc1ncc[nH]1. The number of nitrogens with zero attached hydrogens (tertiary/aromatic N) is 2. The average Bonchev–Trinajstić information content (AvgIpc) is 2.98. The Morgan fingerprint density at radius 3 is 2.89 bits per heavy atom. The molecular weight excluding hydrogens is 268 g/mol. The molecule has 5 N–H and O–H groups in total. The Balaban J connectivity index is 2.07. The standard InChI is InChI=1S/C10H16N6O2S/c1-7-10(8(6-11)16-15-7)19(17,18)14-3-2-9-12-4-5-13-9/h4-5,14H,2-3,6,11H2,1H3,(H,12,13)(H,15,16). The zero-order valence-corrected chi connectivity index (χ0v) is 11.3. The molecule has 2 heterocycles. The maximum atomic E-state index is 12.2. The summed E-state index contributed by atoms with van der Waals surface area (Å²) in [5.41, 5.74) is 6.29. The number of rotatable bonds is 6. The van der Waals surface area contributed by atoms with Gasteiger partial charge in [0.1, 0.15) is 10.7 Å². The number of imidazole rings is 1. The molecule has 0 spiro atoms. The van der Waals surface area contributed by atoms with Crippen LogP contribution in [0.3, 0.4) is 0 Å². The molecule has 0 aromatic carbocycles. The van der Waals surface area contributed by atoms with E-state index in [4.69, 9.17) is 5.73 Å². The van der Waals surface area contributed by atoms with Crippen LogP contribution >= 0.6 is 0 Å². The lowest BCUT2D eigenvalue weighted by atomic mass is 10.4. The fourth-order valence-electron chi connectivity index (χ4n) is 1.77. The van der Waals surface area contributed by atoms with Crippen molar-refractivity contribution in [3.05, 3.63) is 29.6 Å². The van der Waals surface area contributed by atoms with Crippen LogP contribution in [0.25, 0.3) is 0 Å². The van der Waals surface area contributed by atoms with Gasteiger partial charge in [-0.2, -0.15) is 5.10 Å². The van der Waals surface area contributed by atoms with Crippen LogP contribution in [0.4, 0.5) is 0 Å². The minimum absolute atomic E-state index is 0.0682. The van der Waals surface area contributed by atoms with Gasteiger partial charge in [0.05, 0.1) is 11.4 Å². The Morgan fingerprint density at radius 1 is 1.47 bits per heavy atom. The van der Waals surface area contributed by atoms with E-state index in [1.165, 1.54) is 0 Å². The van der Waals surface area contributed by atoms with Crippen LogP contribution < -0.4 is 10.5 Å². The van der Waals surface area contributed by atoms with Crippen molar-refractivity contribution in [1.82, 2.24) is 24.9 Å². The summed E-state index contributed by atoms with van der Waals surface area (Å²) < 4.78 is 26.8. The quantitative estimate of drug-likeness (QED) is 0.564. The highest BCUT2D eigenvalue weighted by Gasteiger charge is 2.23. The van der Waals surface area contributed by atoms with Gasteiger partial charge in [-0.3, -0.25) is 5.10 Å². The molecule has 0 saturated heterocycles. The molecule has 9 heteroatoms. The van der Waals surface area contributed by atoms with E-state index in [-0.39, 0.29) is 18.0 Å². The summed E-state index contributed by atoms with van der Waals surface area (Å²) in [5, 5.41) is 6.50. The first-order chi connectivity index (χ1) is 9.04. The van der Waals surface area contributed by atoms with Gasteiger partial charge in [-0.1, -0.05) is 0 Å². The summed E-state index contributed by atoms with van der Waals surface area (Å²) in [6.45, 7) is 1.97. The van der Waals surface area contributed by atoms with Gasteiger partial charge in [0.15, 0.2) is 0 Å². The molecule has 0 aliphatic rings. The van der Waals surface area contributed by atoms with E-state index in [0.29, 0.717) is 17.8 Å². The normalized spacial score (nSPS) is 11.9. The van der Waals surface area contributed by atoms with Gasteiger partial charge >= 0.3 is 0 Å². The molecule has 0 amide bonds. The number of nitrogens with two attached hydrogens (primary N) is 1. The molecule has 19 heavy (non-hydrogen) atoms. The summed E-state index contributed by atoms with van der Waals surface area (Å²) in [6.07, 6.45) is 3.80. The number of hydrogen-bond acceptors (Lipinski definition) is 5. The van der Waals surface area contributed by atoms with Crippen molar-refractivity contribution in [3.8, 4) is 0 Å². The van der Waals surface area contributed by atoms with Gasteiger partial charge in [0.25, 0.3) is 0 Å². The van der Waals surface area contributed by atoms with Crippen molar-refractivity contribution < 1.29 is 8.42 Å². The average molecular weight is 284 g/mol. The molecule has 2 rings (SSSR count). The van der Waals surface area contributed by atoms with Crippen molar-refractivity contribution in [1.29, 1.82) is 0 Å². The van der Waals surface area contributed by atoms with Crippen molar-refractivity contribution in [2.75, 3.05) is 6.54 Å². The van der Waals surface area contributed by atoms with Gasteiger partial charge in [0.2, 0.25) is 10.0 Å². The summed E-state index contributed by atoms with van der Waals surface area (Å²) in [7, 11) is -3.61. The second-order valence-corrected chi connectivity index (χ2v) is 5.72. The third-order valence-corrected chi connectivity index (χ3v) is 4.30. The summed E-state index contributed by atoms with van der Waals surface area (Å²) in [4.78, 5) is 7.06. The van der Waals surface area contributed by atoms with Crippen molar-refractivity contribution >= 4 is 10.0 Å². The highest BCUT2D eigenvalue weighted by Crippen LogP contribution is 2.16. The molecule has 0 bridgehead atoms. The predicted molar refractivity (Wildman–Crippen MR) is 68.7 cm³/mol. The summed E-state index contributed by atoms with van der Waals surface area (Å²) in [5.74, 6) is 0.727. The first-order valence-corrected chi connectivity index (χ1v) is 7.24. The fraction of sp³-hybridized carbons (Fsp3) is 0.400. The zero-order chi connectivity index (χ0) is 13.9. The molecule has 0 atom stereocenters. The minimum Gasteiger partial charge on any atom is -0.349 e. The zero-order valence-electron chi connectivity index (χ0n) is 10.5. The van der Waals surface area contributed by atoms with Crippen molar-refractivity contribution in [2.45, 2.75) is 24.8 Å². The van der Waals surface area contributed by atoms with E-state index >= 15 is 0 Å². The maximum absolute atomic E-state index is 12.2. The monoisotopic (exact) mass is 284 g/mol. The van der Waals surface area contributed by atoms with Crippen LogP contribution in [0, 0.1) is 6.92 Å². The third-order valence-electron chi connectivity index (χ3n) is 2.63. The Kier molecular flexibility index (Phi) is 3.98. The van der Waals surface area contributed by atoms with Crippen LogP contribution in [-0.4, -0.2) is 35.1 Å². The number of aromatic amines is 2. The molecule has 2 aromatic heterocycles. The molecule has 8 nitrogen and oxygen atoms in total. The number of H-pyrrole nitrogens is 2. The summed E-state index contributed by atoms with van der Waals surface area (Å²) >= 11 is 0. The highest BCUT2D eigenvalue weighted by atomic mass is 32.2. The Hall–Kier alpha value is -1.71. The van der Waals surface area contributed by atoms with Crippen LogP contribution in [-0.2, 0) is 23.0 Å².